The molecule has 0 N–H and O–H groups in total. The van der Waals surface area contributed by atoms with E-state index in [0.717, 1.165) is 135 Å². The lowest BCUT2D eigenvalue weighted by Crippen LogP contribution is -2.30. The Morgan fingerprint density at radius 2 is 0.506 bits per heavy atom. The zero-order valence-corrected chi connectivity index (χ0v) is 50.2. The molecule has 0 aliphatic rings. The molecule has 0 saturated carbocycles. The Bertz CT molecular complexity index is 1600. The van der Waals surface area contributed by atoms with Gasteiger partial charge in [0.15, 0.2) is 6.10 Å². The normalized spacial score (nSPS) is 12.9. The van der Waals surface area contributed by atoms with E-state index in [1.54, 1.807) is 0 Å². The molecule has 6 heteroatoms. The summed E-state index contributed by atoms with van der Waals surface area (Å²) in [6, 6.07) is 0. The standard InChI is InChI=1S/C71H118O6/c1-4-7-10-13-16-19-22-25-27-28-29-30-31-32-33-34-35-36-37-38-39-40-41-42-44-46-49-52-55-58-61-64-70(73)76-67-68(66-75-69(72)63-60-57-54-51-48-45-24-21-18-15-12-9-6-3)77-71(74)65-62-59-56-53-50-47-43-26-23-20-17-14-11-8-5-2/h7,9-10,12,16,18-19,21,25,27,29-30,32-33,35-36,38-39,45,48,68H,4-6,8,11,13-15,17,20,22-24,26,28,31,34,37,40-44,46-47,49-67H2,1-3H3/b10-7-,12-9-,19-16-,21-18-,27-25-,30-29-,33-32-,36-35-,39-38-,48-45-. The number of ether oxygens (including phenoxy) is 3. The number of esters is 3. The molecule has 0 aliphatic carbocycles. The van der Waals surface area contributed by atoms with Crippen molar-refractivity contribution in [2.24, 2.45) is 0 Å². The van der Waals surface area contributed by atoms with E-state index in [1.807, 2.05) is 0 Å². The molecule has 6 nitrogen and oxygen atoms in total. The molecular weight excluding hydrogens is 949 g/mol. The Kier molecular flexibility index (Phi) is 60.8. The van der Waals surface area contributed by atoms with Crippen LogP contribution in [-0.4, -0.2) is 37.2 Å². The minimum Gasteiger partial charge on any atom is -0.462 e. The average Bonchev–Trinajstić information content (AvgIpc) is 3.43. The van der Waals surface area contributed by atoms with Gasteiger partial charge < -0.3 is 14.2 Å². The van der Waals surface area contributed by atoms with Gasteiger partial charge in [-0.1, -0.05) is 284 Å². The van der Waals surface area contributed by atoms with E-state index in [0.29, 0.717) is 19.3 Å². The van der Waals surface area contributed by atoms with Gasteiger partial charge in [0, 0.05) is 19.3 Å². The maximum absolute atomic E-state index is 12.9. The first-order valence-electron chi connectivity index (χ1n) is 32.0. The first-order chi connectivity index (χ1) is 38.0. The second kappa shape index (κ2) is 64.3. The number of carbonyl (C=O) groups excluding carboxylic acids is 3. The van der Waals surface area contributed by atoms with Crippen molar-refractivity contribution in [1.29, 1.82) is 0 Å². The summed E-state index contributed by atoms with van der Waals surface area (Å²) in [5.41, 5.74) is 0. The molecule has 438 valence electrons. The van der Waals surface area contributed by atoms with Crippen molar-refractivity contribution in [2.45, 2.75) is 297 Å². The van der Waals surface area contributed by atoms with Gasteiger partial charge in [-0.15, -0.1) is 0 Å². The zero-order chi connectivity index (χ0) is 55.7. The van der Waals surface area contributed by atoms with Crippen molar-refractivity contribution in [3.63, 3.8) is 0 Å². The third-order valence-electron chi connectivity index (χ3n) is 13.5. The number of hydrogen-bond acceptors (Lipinski definition) is 6. The average molecular weight is 1070 g/mol. The highest BCUT2D eigenvalue weighted by Gasteiger charge is 2.19. The molecule has 0 fully saturated rings. The van der Waals surface area contributed by atoms with Crippen LogP contribution in [0.3, 0.4) is 0 Å². The van der Waals surface area contributed by atoms with E-state index in [4.69, 9.17) is 14.2 Å². The Morgan fingerprint density at radius 1 is 0.273 bits per heavy atom. The highest BCUT2D eigenvalue weighted by molar-refractivity contribution is 5.71. The lowest BCUT2D eigenvalue weighted by molar-refractivity contribution is -0.167. The molecule has 0 heterocycles. The van der Waals surface area contributed by atoms with Gasteiger partial charge in [-0.2, -0.15) is 0 Å². The number of unbranched alkanes of at least 4 members (excludes halogenated alkanes) is 26. The predicted molar refractivity (Wildman–Crippen MR) is 334 cm³/mol. The number of rotatable bonds is 57. The molecule has 0 amide bonds. The van der Waals surface area contributed by atoms with Gasteiger partial charge in [-0.05, 0) is 109 Å². The SMILES string of the molecule is CC/C=C\C/C=C\C/C=C\C/C=C\C/C=C\C/C=C\C/C=C\CCCCCCCCCCCC(=O)OCC(COC(=O)CCCCC/C=C\C/C=C\C/C=C\CC)OC(=O)CCCCCCCCCCCCCCCCC. The van der Waals surface area contributed by atoms with Crippen LogP contribution in [0.25, 0.3) is 0 Å². The highest BCUT2D eigenvalue weighted by Crippen LogP contribution is 2.16. The number of hydrogen-bond donors (Lipinski definition) is 0. The molecule has 0 spiro atoms. The Morgan fingerprint density at radius 3 is 0.805 bits per heavy atom. The fourth-order valence-corrected chi connectivity index (χ4v) is 8.73. The first-order valence-corrected chi connectivity index (χ1v) is 32.0. The van der Waals surface area contributed by atoms with Crippen molar-refractivity contribution < 1.29 is 28.6 Å². The molecule has 1 unspecified atom stereocenters. The molecule has 77 heavy (non-hydrogen) atoms. The van der Waals surface area contributed by atoms with Crippen molar-refractivity contribution in [2.75, 3.05) is 13.2 Å². The van der Waals surface area contributed by atoms with E-state index in [-0.39, 0.29) is 31.1 Å². The van der Waals surface area contributed by atoms with Crippen LogP contribution >= 0.6 is 0 Å². The minimum atomic E-state index is -0.794. The van der Waals surface area contributed by atoms with E-state index >= 15 is 0 Å². The van der Waals surface area contributed by atoms with Crippen LogP contribution in [0.2, 0.25) is 0 Å². The van der Waals surface area contributed by atoms with Crippen LogP contribution in [0.15, 0.2) is 122 Å². The maximum Gasteiger partial charge on any atom is 0.306 e. The fraction of sp³-hybridized carbons (Fsp3) is 0.676. The van der Waals surface area contributed by atoms with Crippen LogP contribution in [0, 0.1) is 0 Å². The number of carbonyl (C=O) groups is 3. The Hall–Kier alpha value is -4.19. The Labute approximate surface area is 475 Å². The van der Waals surface area contributed by atoms with Gasteiger partial charge >= 0.3 is 17.9 Å². The summed E-state index contributed by atoms with van der Waals surface area (Å²) in [6.07, 6.45) is 89.2. The third kappa shape index (κ3) is 62.5. The van der Waals surface area contributed by atoms with Crippen LogP contribution in [0.1, 0.15) is 290 Å². The molecule has 0 radical (unpaired) electrons. The van der Waals surface area contributed by atoms with Gasteiger partial charge in [0.1, 0.15) is 13.2 Å². The zero-order valence-electron chi connectivity index (χ0n) is 50.2. The summed E-state index contributed by atoms with van der Waals surface area (Å²) in [5, 5.41) is 0. The summed E-state index contributed by atoms with van der Waals surface area (Å²) < 4.78 is 16.9. The minimum absolute atomic E-state index is 0.0903. The second-order valence-electron chi connectivity index (χ2n) is 20.9. The largest absolute Gasteiger partial charge is 0.462 e. The third-order valence-corrected chi connectivity index (χ3v) is 13.5. The molecule has 0 rings (SSSR count). The van der Waals surface area contributed by atoms with E-state index in [1.165, 1.54) is 116 Å². The number of allylic oxidation sites excluding steroid dienone is 20. The van der Waals surface area contributed by atoms with Crippen LogP contribution in [0.4, 0.5) is 0 Å². The van der Waals surface area contributed by atoms with Gasteiger partial charge in [0.05, 0.1) is 0 Å². The molecule has 0 aromatic carbocycles. The van der Waals surface area contributed by atoms with Crippen molar-refractivity contribution in [3.8, 4) is 0 Å². The lowest BCUT2D eigenvalue weighted by atomic mass is 10.0. The predicted octanol–water partition coefficient (Wildman–Crippen LogP) is 22.0. The fourth-order valence-electron chi connectivity index (χ4n) is 8.73. The summed E-state index contributed by atoms with van der Waals surface area (Å²) in [6.45, 7) is 6.40. The van der Waals surface area contributed by atoms with E-state index in [2.05, 4.69) is 142 Å². The van der Waals surface area contributed by atoms with E-state index in [9.17, 15) is 14.4 Å². The summed E-state index contributed by atoms with van der Waals surface area (Å²) in [4.78, 5) is 38.2. The quantitative estimate of drug-likeness (QED) is 0.0261. The van der Waals surface area contributed by atoms with Crippen molar-refractivity contribution in [1.82, 2.24) is 0 Å². The summed E-state index contributed by atoms with van der Waals surface area (Å²) in [5.74, 6) is -0.920. The first kappa shape index (κ1) is 72.8. The van der Waals surface area contributed by atoms with Gasteiger partial charge in [0.2, 0.25) is 0 Å². The molecule has 0 saturated heterocycles. The van der Waals surface area contributed by atoms with Crippen LogP contribution in [-0.2, 0) is 28.6 Å². The van der Waals surface area contributed by atoms with Crippen LogP contribution in [0.5, 0.6) is 0 Å². The highest BCUT2D eigenvalue weighted by atomic mass is 16.6. The molecular formula is C71H118O6. The van der Waals surface area contributed by atoms with Gasteiger partial charge in [-0.25, -0.2) is 0 Å². The van der Waals surface area contributed by atoms with Gasteiger partial charge in [0.25, 0.3) is 0 Å². The molecule has 0 bridgehead atoms. The second-order valence-corrected chi connectivity index (χ2v) is 20.9. The molecule has 0 aromatic heterocycles. The van der Waals surface area contributed by atoms with Crippen molar-refractivity contribution in [3.05, 3.63) is 122 Å². The maximum atomic E-state index is 12.9. The summed E-state index contributed by atoms with van der Waals surface area (Å²) >= 11 is 0. The molecule has 1 atom stereocenters. The smallest absolute Gasteiger partial charge is 0.306 e. The van der Waals surface area contributed by atoms with Crippen molar-refractivity contribution >= 4 is 17.9 Å². The molecule has 0 aromatic rings. The van der Waals surface area contributed by atoms with E-state index < -0.39 is 6.10 Å². The van der Waals surface area contributed by atoms with Gasteiger partial charge in [-0.3, -0.25) is 14.4 Å². The molecule has 0 aliphatic heterocycles. The monoisotopic (exact) mass is 1070 g/mol. The summed E-state index contributed by atoms with van der Waals surface area (Å²) in [7, 11) is 0. The Balaban J connectivity index is 4.28. The van der Waals surface area contributed by atoms with Crippen LogP contribution < -0.4 is 0 Å². The lowest BCUT2D eigenvalue weighted by Gasteiger charge is -2.18. The topological polar surface area (TPSA) is 78.9 Å².